The molecule has 2 nitrogen and oxygen atoms in total. The molecule has 0 heterocycles. The molecule has 0 amide bonds. The van der Waals surface area contributed by atoms with Gasteiger partial charge in [-0.15, -0.1) is 0 Å². The minimum Gasteiger partial charge on any atom is -0.312 e. The first kappa shape index (κ1) is 13.0. The van der Waals surface area contributed by atoms with Crippen LogP contribution >= 0.6 is 0 Å². The van der Waals surface area contributed by atoms with Crippen LogP contribution in [0.25, 0.3) is 0 Å². The second-order valence-corrected chi connectivity index (χ2v) is 5.47. The van der Waals surface area contributed by atoms with Gasteiger partial charge in [0.1, 0.15) is 0 Å². The zero-order valence-corrected chi connectivity index (χ0v) is 10.9. The maximum atomic E-state index is 3.65. The van der Waals surface area contributed by atoms with Crippen LogP contribution in [0.4, 0.5) is 0 Å². The van der Waals surface area contributed by atoms with Crippen molar-refractivity contribution in [2.24, 2.45) is 11.8 Å². The van der Waals surface area contributed by atoms with E-state index in [1.165, 1.54) is 32.4 Å². The molecular weight excluding hydrogens is 184 g/mol. The average molecular weight is 212 g/mol. The van der Waals surface area contributed by atoms with E-state index in [0.29, 0.717) is 6.04 Å². The van der Waals surface area contributed by atoms with Crippen LogP contribution in [0.5, 0.6) is 0 Å². The number of hydrogen-bond donors (Lipinski definition) is 1. The highest BCUT2D eigenvalue weighted by atomic mass is 15.1. The summed E-state index contributed by atoms with van der Waals surface area (Å²) in [5.74, 6) is 1.74. The van der Waals surface area contributed by atoms with Crippen molar-refractivity contribution in [3.05, 3.63) is 0 Å². The first-order chi connectivity index (χ1) is 7.13. The average Bonchev–Trinajstić information content (AvgIpc) is 2.95. The molecule has 1 fully saturated rings. The van der Waals surface area contributed by atoms with Gasteiger partial charge in [0, 0.05) is 19.1 Å². The second kappa shape index (κ2) is 6.49. The quantitative estimate of drug-likeness (QED) is 0.664. The van der Waals surface area contributed by atoms with Crippen LogP contribution in [-0.4, -0.2) is 37.6 Å². The molecule has 15 heavy (non-hydrogen) atoms. The van der Waals surface area contributed by atoms with Crippen molar-refractivity contribution >= 4 is 0 Å². The molecule has 90 valence electrons. The highest BCUT2D eigenvalue weighted by Gasteiger charge is 2.24. The van der Waals surface area contributed by atoms with E-state index < -0.39 is 0 Å². The van der Waals surface area contributed by atoms with E-state index in [2.05, 4.69) is 38.0 Å². The summed E-state index contributed by atoms with van der Waals surface area (Å²) >= 11 is 0. The van der Waals surface area contributed by atoms with E-state index in [-0.39, 0.29) is 0 Å². The van der Waals surface area contributed by atoms with Crippen LogP contribution in [0.1, 0.15) is 40.0 Å². The third-order valence-corrected chi connectivity index (χ3v) is 3.24. The Kier molecular flexibility index (Phi) is 5.62. The number of hydrogen-bond acceptors (Lipinski definition) is 2. The molecule has 0 spiro atoms. The molecule has 0 aromatic heterocycles. The SMILES string of the molecule is CCCNC(CN(C)CC1CC1)C(C)C. The fourth-order valence-electron chi connectivity index (χ4n) is 1.99. The van der Waals surface area contributed by atoms with Crippen LogP contribution in [0.15, 0.2) is 0 Å². The zero-order chi connectivity index (χ0) is 11.3. The van der Waals surface area contributed by atoms with Crippen molar-refractivity contribution < 1.29 is 0 Å². The normalized spacial score (nSPS) is 18.8. The molecule has 0 aromatic rings. The van der Waals surface area contributed by atoms with E-state index in [4.69, 9.17) is 0 Å². The van der Waals surface area contributed by atoms with E-state index in [1.807, 2.05) is 0 Å². The molecule has 0 saturated heterocycles. The van der Waals surface area contributed by atoms with Gasteiger partial charge in [-0.2, -0.15) is 0 Å². The molecule has 0 aromatic carbocycles. The molecule has 0 bridgehead atoms. The summed E-state index contributed by atoms with van der Waals surface area (Å²) < 4.78 is 0. The molecular formula is C13H28N2. The van der Waals surface area contributed by atoms with Crippen molar-refractivity contribution in [3.8, 4) is 0 Å². The summed E-state index contributed by atoms with van der Waals surface area (Å²) in [6, 6.07) is 0.661. The Bertz CT molecular complexity index is 164. The third kappa shape index (κ3) is 5.53. The highest BCUT2D eigenvalue weighted by Crippen LogP contribution is 2.29. The minimum atomic E-state index is 0.661. The molecule has 1 unspecified atom stereocenters. The maximum absolute atomic E-state index is 3.65. The molecule has 1 aliphatic rings. The third-order valence-electron chi connectivity index (χ3n) is 3.24. The molecule has 1 atom stereocenters. The maximum Gasteiger partial charge on any atom is 0.0217 e. The van der Waals surface area contributed by atoms with Gasteiger partial charge in [-0.05, 0) is 44.7 Å². The Morgan fingerprint density at radius 2 is 2.00 bits per heavy atom. The van der Waals surface area contributed by atoms with Gasteiger partial charge in [-0.3, -0.25) is 0 Å². The smallest absolute Gasteiger partial charge is 0.0217 e. The van der Waals surface area contributed by atoms with Gasteiger partial charge >= 0.3 is 0 Å². The van der Waals surface area contributed by atoms with E-state index >= 15 is 0 Å². The summed E-state index contributed by atoms with van der Waals surface area (Å²) in [7, 11) is 2.27. The number of rotatable bonds is 8. The van der Waals surface area contributed by atoms with E-state index in [9.17, 15) is 0 Å². The predicted octanol–water partition coefficient (Wildman–Crippen LogP) is 2.35. The Morgan fingerprint density at radius 1 is 1.33 bits per heavy atom. The van der Waals surface area contributed by atoms with Crippen molar-refractivity contribution in [2.45, 2.75) is 46.1 Å². The lowest BCUT2D eigenvalue weighted by Crippen LogP contribution is -2.43. The number of likely N-dealkylation sites (N-methyl/N-ethyl adjacent to an activating group) is 1. The van der Waals surface area contributed by atoms with Crippen LogP contribution < -0.4 is 5.32 Å². The van der Waals surface area contributed by atoms with Gasteiger partial charge in [-0.25, -0.2) is 0 Å². The lowest BCUT2D eigenvalue weighted by molar-refractivity contribution is 0.247. The summed E-state index contributed by atoms with van der Waals surface area (Å²) in [5.41, 5.74) is 0. The zero-order valence-electron chi connectivity index (χ0n) is 10.9. The van der Waals surface area contributed by atoms with Crippen LogP contribution in [0, 0.1) is 11.8 Å². The summed E-state index contributed by atoms with van der Waals surface area (Å²) in [6.07, 6.45) is 4.15. The molecule has 0 radical (unpaired) electrons. The van der Waals surface area contributed by atoms with Crippen LogP contribution in [-0.2, 0) is 0 Å². The van der Waals surface area contributed by atoms with Crippen molar-refractivity contribution in [3.63, 3.8) is 0 Å². The number of nitrogens with one attached hydrogen (secondary N) is 1. The molecule has 1 N–H and O–H groups in total. The van der Waals surface area contributed by atoms with Crippen LogP contribution in [0.2, 0.25) is 0 Å². The Hall–Kier alpha value is -0.0800. The number of nitrogens with zero attached hydrogens (tertiary/aromatic N) is 1. The molecule has 0 aliphatic heterocycles. The van der Waals surface area contributed by atoms with Gasteiger partial charge in [0.2, 0.25) is 0 Å². The van der Waals surface area contributed by atoms with Gasteiger partial charge < -0.3 is 10.2 Å². The fourth-order valence-corrected chi connectivity index (χ4v) is 1.99. The summed E-state index contributed by atoms with van der Waals surface area (Å²) in [6.45, 7) is 10.5. The van der Waals surface area contributed by atoms with E-state index in [1.54, 1.807) is 0 Å². The first-order valence-corrected chi connectivity index (χ1v) is 6.55. The largest absolute Gasteiger partial charge is 0.312 e. The van der Waals surface area contributed by atoms with Gasteiger partial charge in [-0.1, -0.05) is 20.8 Å². The van der Waals surface area contributed by atoms with Crippen LogP contribution in [0.3, 0.4) is 0 Å². The molecule has 2 heteroatoms. The van der Waals surface area contributed by atoms with Crippen molar-refractivity contribution in [2.75, 3.05) is 26.7 Å². The fraction of sp³-hybridized carbons (Fsp3) is 1.00. The molecule has 1 aliphatic carbocycles. The lowest BCUT2D eigenvalue weighted by Gasteiger charge is -2.27. The highest BCUT2D eigenvalue weighted by molar-refractivity contribution is 4.79. The second-order valence-electron chi connectivity index (χ2n) is 5.47. The van der Waals surface area contributed by atoms with E-state index in [0.717, 1.165) is 18.4 Å². The molecule has 1 saturated carbocycles. The van der Waals surface area contributed by atoms with Crippen molar-refractivity contribution in [1.82, 2.24) is 10.2 Å². The van der Waals surface area contributed by atoms with Gasteiger partial charge in [0.15, 0.2) is 0 Å². The minimum absolute atomic E-state index is 0.661. The summed E-state index contributed by atoms with van der Waals surface area (Å²) in [5, 5.41) is 3.65. The standard InChI is InChI=1S/C13H28N2/c1-5-8-14-13(11(2)3)10-15(4)9-12-6-7-12/h11-14H,5-10H2,1-4H3. The van der Waals surface area contributed by atoms with Gasteiger partial charge in [0.05, 0.1) is 0 Å². The Balaban J connectivity index is 2.21. The lowest BCUT2D eigenvalue weighted by atomic mass is 10.0. The molecule has 1 rings (SSSR count). The first-order valence-electron chi connectivity index (χ1n) is 6.55. The Labute approximate surface area is 95.4 Å². The topological polar surface area (TPSA) is 15.3 Å². The predicted molar refractivity (Wildman–Crippen MR) is 67.1 cm³/mol. The van der Waals surface area contributed by atoms with Gasteiger partial charge in [0.25, 0.3) is 0 Å². The Morgan fingerprint density at radius 3 is 2.47 bits per heavy atom. The van der Waals surface area contributed by atoms with Crippen molar-refractivity contribution in [1.29, 1.82) is 0 Å². The monoisotopic (exact) mass is 212 g/mol. The summed E-state index contributed by atoms with van der Waals surface area (Å²) in [4.78, 5) is 2.50.